The van der Waals surface area contributed by atoms with E-state index >= 15 is 0 Å². The van der Waals surface area contributed by atoms with Crippen LogP contribution in [0.15, 0.2) is 66.7 Å². The Kier molecular flexibility index (Phi) is 6.31. The molecule has 33 heavy (non-hydrogen) atoms. The average molecular weight is 446 g/mol. The van der Waals surface area contributed by atoms with Crippen molar-refractivity contribution in [3.8, 4) is 6.07 Å². The van der Waals surface area contributed by atoms with Crippen LogP contribution in [0.25, 0.3) is 0 Å². The standard InChI is InChI=1S/C25H20F2N4O2/c26-21-7-3-8-22(27)23(21)24(32)29-19-9-11-20(12-10-19)31-14-4-13-30(25(31)33)16-18-6-2-1-5-17(18)15-28/h1-3,5-12H,4,13-14,16H2,(H,29,32). The zero-order valence-corrected chi connectivity index (χ0v) is 17.6. The number of urea groups is 1. The quantitative estimate of drug-likeness (QED) is 0.604. The molecule has 0 unspecified atom stereocenters. The normalized spacial score (nSPS) is 13.5. The zero-order valence-electron chi connectivity index (χ0n) is 17.6. The van der Waals surface area contributed by atoms with Gasteiger partial charge in [-0.15, -0.1) is 0 Å². The van der Waals surface area contributed by atoms with Gasteiger partial charge in [-0.3, -0.25) is 9.69 Å². The van der Waals surface area contributed by atoms with Crippen LogP contribution in [-0.4, -0.2) is 29.9 Å². The molecule has 1 aliphatic rings. The van der Waals surface area contributed by atoms with Gasteiger partial charge in [0, 0.05) is 31.0 Å². The van der Waals surface area contributed by atoms with Crippen LogP contribution in [0.3, 0.4) is 0 Å². The first kappa shape index (κ1) is 22.0. The fourth-order valence-corrected chi connectivity index (χ4v) is 3.77. The molecule has 3 aromatic rings. The fourth-order valence-electron chi connectivity index (χ4n) is 3.77. The Bertz CT molecular complexity index is 1220. The lowest BCUT2D eigenvalue weighted by Gasteiger charge is -2.36. The van der Waals surface area contributed by atoms with E-state index in [2.05, 4.69) is 11.4 Å². The molecule has 0 radical (unpaired) electrons. The molecule has 1 N–H and O–H groups in total. The van der Waals surface area contributed by atoms with Gasteiger partial charge >= 0.3 is 6.03 Å². The van der Waals surface area contributed by atoms with Gasteiger partial charge in [0.25, 0.3) is 5.91 Å². The predicted octanol–water partition coefficient (Wildman–Crippen LogP) is 4.92. The van der Waals surface area contributed by atoms with E-state index in [1.54, 1.807) is 46.2 Å². The first-order valence-electron chi connectivity index (χ1n) is 10.4. The fraction of sp³-hybridized carbons (Fsp3) is 0.160. The van der Waals surface area contributed by atoms with Gasteiger partial charge in [-0.1, -0.05) is 24.3 Å². The van der Waals surface area contributed by atoms with Crippen molar-refractivity contribution < 1.29 is 18.4 Å². The lowest BCUT2D eigenvalue weighted by atomic mass is 10.1. The number of anilines is 2. The Hall–Kier alpha value is -4.25. The molecule has 166 valence electrons. The van der Waals surface area contributed by atoms with Crippen LogP contribution in [0.1, 0.15) is 27.9 Å². The SMILES string of the molecule is N#Cc1ccccc1CN1CCCN(c2ccc(NC(=O)c3c(F)cccc3F)cc2)C1=O. The van der Waals surface area contributed by atoms with E-state index in [-0.39, 0.29) is 6.03 Å². The highest BCUT2D eigenvalue weighted by Crippen LogP contribution is 2.24. The average Bonchev–Trinajstić information content (AvgIpc) is 2.81. The van der Waals surface area contributed by atoms with E-state index in [1.165, 1.54) is 6.07 Å². The summed E-state index contributed by atoms with van der Waals surface area (Å²) in [6, 6.07) is 18.8. The summed E-state index contributed by atoms with van der Waals surface area (Å²) in [6.07, 6.45) is 0.755. The molecule has 4 rings (SSSR count). The molecule has 0 aromatic heterocycles. The largest absolute Gasteiger partial charge is 0.324 e. The van der Waals surface area contributed by atoms with Gasteiger partial charge in [-0.05, 0) is 54.4 Å². The van der Waals surface area contributed by atoms with Gasteiger partial charge in [0.15, 0.2) is 0 Å². The van der Waals surface area contributed by atoms with Crippen molar-refractivity contribution in [2.45, 2.75) is 13.0 Å². The number of nitrogens with zero attached hydrogens (tertiary/aromatic N) is 3. The number of amides is 3. The first-order chi connectivity index (χ1) is 16.0. The Morgan fingerprint density at radius 1 is 0.970 bits per heavy atom. The van der Waals surface area contributed by atoms with Gasteiger partial charge in [-0.25, -0.2) is 13.6 Å². The number of carbonyl (C=O) groups is 2. The number of carbonyl (C=O) groups excluding carboxylic acids is 2. The van der Waals surface area contributed by atoms with Crippen LogP contribution in [-0.2, 0) is 6.54 Å². The molecule has 0 spiro atoms. The van der Waals surface area contributed by atoms with Gasteiger partial charge in [0.2, 0.25) is 0 Å². The Morgan fingerprint density at radius 2 is 1.67 bits per heavy atom. The highest BCUT2D eigenvalue weighted by molar-refractivity contribution is 6.04. The van der Waals surface area contributed by atoms with Crippen molar-refractivity contribution in [1.29, 1.82) is 5.26 Å². The molecule has 1 fully saturated rings. The van der Waals surface area contributed by atoms with Crippen molar-refractivity contribution in [2.75, 3.05) is 23.3 Å². The van der Waals surface area contributed by atoms with Crippen LogP contribution in [0, 0.1) is 23.0 Å². The van der Waals surface area contributed by atoms with Crippen molar-refractivity contribution in [2.24, 2.45) is 0 Å². The summed E-state index contributed by atoms with van der Waals surface area (Å²) in [6.45, 7) is 1.44. The summed E-state index contributed by atoms with van der Waals surface area (Å²) < 4.78 is 27.7. The summed E-state index contributed by atoms with van der Waals surface area (Å²) >= 11 is 0. The van der Waals surface area contributed by atoms with E-state index in [9.17, 15) is 23.6 Å². The third-order valence-corrected chi connectivity index (χ3v) is 5.44. The molecular formula is C25H20F2N4O2. The van der Waals surface area contributed by atoms with Gasteiger partial charge in [-0.2, -0.15) is 5.26 Å². The number of nitriles is 1. The van der Waals surface area contributed by atoms with Gasteiger partial charge in [0.05, 0.1) is 11.6 Å². The third kappa shape index (κ3) is 4.67. The molecule has 0 bridgehead atoms. The van der Waals surface area contributed by atoms with Crippen LogP contribution in [0.4, 0.5) is 25.0 Å². The van der Waals surface area contributed by atoms with Crippen molar-refractivity contribution in [1.82, 2.24) is 4.90 Å². The maximum absolute atomic E-state index is 13.8. The number of rotatable bonds is 5. The molecule has 8 heteroatoms. The molecule has 3 aromatic carbocycles. The van der Waals surface area contributed by atoms with Crippen molar-refractivity contribution >= 4 is 23.3 Å². The molecule has 6 nitrogen and oxygen atoms in total. The smallest absolute Gasteiger partial charge is 0.322 e. The molecule has 3 amide bonds. The first-order valence-corrected chi connectivity index (χ1v) is 10.4. The predicted molar refractivity (Wildman–Crippen MR) is 120 cm³/mol. The number of hydrogen-bond acceptors (Lipinski definition) is 3. The van der Waals surface area contributed by atoms with E-state index in [1.807, 2.05) is 12.1 Å². The van der Waals surface area contributed by atoms with E-state index in [0.717, 1.165) is 24.1 Å². The molecule has 0 atom stereocenters. The van der Waals surface area contributed by atoms with Crippen LogP contribution in [0.2, 0.25) is 0 Å². The second-order valence-corrected chi connectivity index (χ2v) is 7.58. The highest BCUT2D eigenvalue weighted by Gasteiger charge is 2.27. The van der Waals surface area contributed by atoms with Gasteiger partial charge in [0.1, 0.15) is 17.2 Å². The van der Waals surface area contributed by atoms with E-state index in [4.69, 9.17) is 0 Å². The Balaban J connectivity index is 1.46. The molecular weight excluding hydrogens is 426 g/mol. The number of nitrogens with one attached hydrogen (secondary N) is 1. The topological polar surface area (TPSA) is 76.4 Å². The molecule has 1 heterocycles. The molecule has 1 aliphatic heterocycles. The second kappa shape index (κ2) is 9.49. The second-order valence-electron chi connectivity index (χ2n) is 7.58. The summed E-state index contributed by atoms with van der Waals surface area (Å²) in [7, 11) is 0. The Morgan fingerprint density at radius 3 is 2.36 bits per heavy atom. The molecule has 0 aliphatic carbocycles. The number of benzene rings is 3. The van der Waals surface area contributed by atoms with Crippen LogP contribution in [0.5, 0.6) is 0 Å². The molecule has 0 saturated carbocycles. The minimum atomic E-state index is -0.943. The van der Waals surface area contributed by atoms with Crippen LogP contribution < -0.4 is 10.2 Å². The van der Waals surface area contributed by atoms with Crippen molar-refractivity contribution in [3.05, 3.63) is 95.1 Å². The van der Waals surface area contributed by atoms with Crippen LogP contribution >= 0.6 is 0 Å². The number of hydrogen-bond donors (Lipinski definition) is 1. The lowest BCUT2D eigenvalue weighted by molar-refractivity contribution is 0.101. The third-order valence-electron chi connectivity index (χ3n) is 5.44. The summed E-state index contributed by atoms with van der Waals surface area (Å²) in [4.78, 5) is 28.7. The van der Waals surface area contributed by atoms with Gasteiger partial charge < -0.3 is 10.2 Å². The number of halogens is 2. The summed E-state index contributed by atoms with van der Waals surface area (Å²) in [5.74, 6) is -2.78. The maximum atomic E-state index is 13.8. The van der Waals surface area contributed by atoms with E-state index in [0.29, 0.717) is 36.6 Å². The minimum Gasteiger partial charge on any atom is -0.322 e. The molecule has 1 saturated heterocycles. The highest BCUT2D eigenvalue weighted by atomic mass is 19.1. The van der Waals surface area contributed by atoms with E-state index < -0.39 is 23.1 Å². The Labute approximate surface area is 189 Å². The maximum Gasteiger partial charge on any atom is 0.324 e. The van der Waals surface area contributed by atoms with Crippen molar-refractivity contribution in [3.63, 3.8) is 0 Å². The lowest BCUT2D eigenvalue weighted by Crippen LogP contribution is -2.49. The summed E-state index contributed by atoms with van der Waals surface area (Å²) in [5, 5.41) is 11.8. The minimum absolute atomic E-state index is 0.181. The summed E-state index contributed by atoms with van der Waals surface area (Å²) in [5.41, 5.74) is 1.65. The monoisotopic (exact) mass is 446 g/mol. The zero-order chi connectivity index (χ0) is 23.4.